The molecule has 0 bridgehead atoms. The number of guanidine groups is 1. The molecule has 1 aromatic rings. The van der Waals surface area contributed by atoms with Gasteiger partial charge in [0.25, 0.3) is 0 Å². The molecule has 2 atom stereocenters. The van der Waals surface area contributed by atoms with Gasteiger partial charge in [0, 0.05) is 30.3 Å². The van der Waals surface area contributed by atoms with Gasteiger partial charge in [0.15, 0.2) is 5.96 Å². The number of thiophene rings is 1. The minimum absolute atomic E-state index is 0. The molecule has 0 amide bonds. The second-order valence-corrected chi connectivity index (χ2v) is 8.52. The molecular weight excluding hydrogens is 453 g/mol. The Morgan fingerprint density at radius 3 is 2.88 bits per heavy atom. The molecule has 0 aliphatic heterocycles. The van der Waals surface area contributed by atoms with Gasteiger partial charge < -0.3 is 15.3 Å². The molecule has 7 heteroatoms. The van der Waals surface area contributed by atoms with Gasteiger partial charge in [-0.3, -0.25) is 4.99 Å². The molecule has 1 saturated carbocycles. The molecule has 2 rings (SSSR count). The van der Waals surface area contributed by atoms with Crippen molar-refractivity contribution in [1.29, 1.82) is 0 Å². The van der Waals surface area contributed by atoms with Gasteiger partial charge in [0.1, 0.15) is 0 Å². The van der Waals surface area contributed by atoms with Gasteiger partial charge >= 0.3 is 0 Å². The van der Waals surface area contributed by atoms with E-state index in [4.69, 9.17) is 4.99 Å². The first-order valence-corrected chi connectivity index (χ1v) is 10.4. The molecule has 0 aromatic carbocycles. The van der Waals surface area contributed by atoms with Crippen LogP contribution in [0, 0.1) is 0 Å². The standard InChI is InChI=1S/C17H29N3OS2.HI/c1-4-18-16(20(3)11-9-14-7-6-12-23-14)19-13-17(21)10-8-15(17)22-5-2;/h6-7,12,15,21H,4-5,8-11,13H2,1-3H3,(H,18,19);1H. The second-order valence-electron chi connectivity index (χ2n) is 6.01. The van der Waals surface area contributed by atoms with E-state index < -0.39 is 5.60 Å². The predicted octanol–water partition coefficient (Wildman–Crippen LogP) is 3.45. The summed E-state index contributed by atoms with van der Waals surface area (Å²) in [6.07, 6.45) is 3.00. The first kappa shape index (κ1) is 22.1. The molecule has 1 aromatic heterocycles. The van der Waals surface area contributed by atoms with Crippen LogP contribution < -0.4 is 5.32 Å². The molecule has 138 valence electrons. The third kappa shape index (κ3) is 6.07. The van der Waals surface area contributed by atoms with Crippen molar-refractivity contribution < 1.29 is 5.11 Å². The monoisotopic (exact) mass is 483 g/mol. The van der Waals surface area contributed by atoms with Crippen LogP contribution in [0.15, 0.2) is 22.5 Å². The van der Waals surface area contributed by atoms with E-state index in [0.717, 1.165) is 44.1 Å². The van der Waals surface area contributed by atoms with Gasteiger partial charge in [-0.25, -0.2) is 0 Å². The largest absolute Gasteiger partial charge is 0.387 e. The highest BCUT2D eigenvalue weighted by Gasteiger charge is 2.45. The summed E-state index contributed by atoms with van der Waals surface area (Å²) in [5.74, 6) is 1.95. The molecule has 24 heavy (non-hydrogen) atoms. The lowest BCUT2D eigenvalue weighted by Crippen LogP contribution is -2.53. The summed E-state index contributed by atoms with van der Waals surface area (Å²) in [7, 11) is 2.07. The van der Waals surface area contributed by atoms with Gasteiger partial charge in [0.05, 0.1) is 12.1 Å². The summed E-state index contributed by atoms with van der Waals surface area (Å²) in [6, 6.07) is 4.27. The van der Waals surface area contributed by atoms with Gasteiger partial charge in [-0.2, -0.15) is 11.8 Å². The van der Waals surface area contributed by atoms with Crippen LogP contribution in [0.1, 0.15) is 31.6 Å². The first-order valence-electron chi connectivity index (χ1n) is 8.45. The van der Waals surface area contributed by atoms with Crippen molar-refractivity contribution in [3.63, 3.8) is 0 Å². The number of nitrogens with zero attached hydrogens (tertiary/aromatic N) is 2. The normalized spacial score (nSPS) is 23.3. The molecule has 0 spiro atoms. The Morgan fingerprint density at radius 1 is 1.54 bits per heavy atom. The average Bonchev–Trinajstić information content (AvgIpc) is 3.06. The summed E-state index contributed by atoms with van der Waals surface area (Å²) >= 11 is 3.65. The Kier molecular flexibility index (Phi) is 10.00. The van der Waals surface area contributed by atoms with E-state index in [-0.39, 0.29) is 24.0 Å². The van der Waals surface area contributed by atoms with Crippen LogP contribution in [0.25, 0.3) is 0 Å². The van der Waals surface area contributed by atoms with Crippen LogP contribution in [0.4, 0.5) is 0 Å². The van der Waals surface area contributed by atoms with Crippen molar-refractivity contribution in [3.05, 3.63) is 22.4 Å². The Balaban J connectivity index is 0.00000288. The smallest absolute Gasteiger partial charge is 0.193 e. The number of thioether (sulfide) groups is 1. The quantitative estimate of drug-likeness (QED) is 0.338. The highest BCUT2D eigenvalue weighted by Crippen LogP contribution is 2.41. The van der Waals surface area contributed by atoms with Crippen molar-refractivity contribution in [1.82, 2.24) is 10.2 Å². The van der Waals surface area contributed by atoms with Crippen LogP contribution in [0.2, 0.25) is 0 Å². The van der Waals surface area contributed by atoms with Crippen molar-refractivity contribution in [2.75, 3.05) is 32.4 Å². The average molecular weight is 483 g/mol. The Bertz CT molecular complexity index is 498. The number of nitrogens with one attached hydrogen (secondary N) is 1. The fraction of sp³-hybridized carbons (Fsp3) is 0.706. The maximum Gasteiger partial charge on any atom is 0.193 e. The van der Waals surface area contributed by atoms with E-state index in [1.54, 1.807) is 11.3 Å². The van der Waals surface area contributed by atoms with Crippen LogP contribution >= 0.6 is 47.1 Å². The molecule has 2 unspecified atom stereocenters. The van der Waals surface area contributed by atoms with Gasteiger partial charge in [-0.1, -0.05) is 13.0 Å². The number of aliphatic imine (C=N–C) groups is 1. The molecular formula is C17H30IN3OS2. The van der Waals surface area contributed by atoms with E-state index in [1.807, 2.05) is 11.8 Å². The molecule has 0 radical (unpaired) electrons. The number of likely N-dealkylation sites (N-methyl/N-ethyl adjacent to an activating group) is 1. The Morgan fingerprint density at radius 2 is 2.33 bits per heavy atom. The molecule has 1 aliphatic rings. The van der Waals surface area contributed by atoms with Crippen molar-refractivity contribution >= 4 is 53.0 Å². The van der Waals surface area contributed by atoms with Crippen LogP contribution in [0.3, 0.4) is 0 Å². The molecule has 0 saturated heterocycles. The molecule has 1 aliphatic carbocycles. The van der Waals surface area contributed by atoms with Crippen molar-refractivity contribution in [2.45, 2.75) is 44.0 Å². The highest BCUT2D eigenvalue weighted by atomic mass is 127. The lowest BCUT2D eigenvalue weighted by Gasteiger charge is -2.44. The fourth-order valence-corrected chi connectivity index (χ4v) is 4.62. The van der Waals surface area contributed by atoms with Crippen LogP contribution in [-0.4, -0.2) is 59.3 Å². The summed E-state index contributed by atoms with van der Waals surface area (Å²) < 4.78 is 0. The van der Waals surface area contributed by atoms with E-state index >= 15 is 0 Å². The predicted molar refractivity (Wildman–Crippen MR) is 118 cm³/mol. The number of aliphatic hydroxyl groups is 1. The van der Waals surface area contributed by atoms with E-state index in [2.05, 4.69) is 48.6 Å². The zero-order valence-electron chi connectivity index (χ0n) is 14.8. The van der Waals surface area contributed by atoms with Gasteiger partial charge in [0.2, 0.25) is 0 Å². The van der Waals surface area contributed by atoms with Crippen LogP contribution in [-0.2, 0) is 6.42 Å². The summed E-state index contributed by atoms with van der Waals surface area (Å²) in [5.41, 5.74) is -0.615. The van der Waals surface area contributed by atoms with Gasteiger partial charge in [-0.15, -0.1) is 35.3 Å². The number of hydrogen-bond acceptors (Lipinski definition) is 4. The topological polar surface area (TPSA) is 47.9 Å². The van der Waals surface area contributed by atoms with Crippen LogP contribution in [0.5, 0.6) is 0 Å². The number of hydrogen-bond donors (Lipinski definition) is 2. The first-order chi connectivity index (χ1) is 11.1. The van der Waals surface area contributed by atoms with E-state index in [0.29, 0.717) is 11.8 Å². The van der Waals surface area contributed by atoms with E-state index in [9.17, 15) is 5.11 Å². The third-order valence-electron chi connectivity index (χ3n) is 4.28. The maximum atomic E-state index is 10.7. The minimum Gasteiger partial charge on any atom is -0.387 e. The molecule has 4 nitrogen and oxygen atoms in total. The van der Waals surface area contributed by atoms with Crippen molar-refractivity contribution in [2.24, 2.45) is 4.99 Å². The minimum atomic E-state index is -0.615. The maximum absolute atomic E-state index is 10.7. The Hall–Kier alpha value is 0.01000. The Labute approximate surface area is 171 Å². The lowest BCUT2D eigenvalue weighted by molar-refractivity contribution is -0.0156. The summed E-state index contributed by atoms with van der Waals surface area (Å²) in [4.78, 5) is 8.26. The van der Waals surface area contributed by atoms with Gasteiger partial charge in [-0.05, 0) is 43.4 Å². The fourth-order valence-electron chi connectivity index (χ4n) is 2.74. The SMILES string of the molecule is CCNC(=NCC1(O)CCC1SCC)N(C)CCc1cccs1.I. The van der Waals surface area contributed by atoms with E-state index in [1.165, 1.54) is 4.88 Å². The zero-order chi connectivity index (χ0) is 16.7. The summed E-state index contributed by atoms with van der Waals surface area (Å²) in [6.45, 7) is 6.49. The molecule has 1 heterocycles. The summed E-state index contributed by atoms with van der Waals surface area (Å²) in [5, 5.41) is 16.5. The third-order valence-corrected chi connectivity index (χ3v) is 6.63. The lowest BCUT2D eigenvalue weighted by atomic mass is 9.79. The highest BCUT2D eigenvalue weighted by molar-refractivity contribution is 14.0. The molecule has 1 fully saturated rings. The second kappa shape index (κ2) is 10.9. The van der Waals surface area contributed by atoms with Crippen molar-refractivity contribution in [3.8, 4) is 0 Å². The number of halogens is 1. The molecule has 2 N–H and O–H groups in total. The number of rotatable bonds is 8. The zero-order valence-corrected chi connectivity index (χ0v) is 18.8.